The summed E-state index contributed by atoms with van der Waals surface area (Å²) in [6.07, 6.45) is 0. The second-order valence-corrected chi connectivity index (χ2v) is 4.52. The van der Waals surface area contributed by atoms with Crippen LogP contribution in [0.15, 0.2) is 38.5 Å². The maximum atomic E-state index is 11.7. The lowest BCUT2D eigenvalue weighted by atomic mass is 10.2. The minimum atomic E-state index is -0.548. The molecule has 88 valence electrons. The van der Waals surface area contributed by atoms with Crippen LogP contribution in [-0.4, -0.2) is 14.8 Å². The van der Waals surface area contributed by atoms with E-state index in [0.29, 0.717) is 5.02 Å². The van der Waals surface area contributed by atoms with E-state index >= 15 is 0 Å². The van der Waals surface area contributed by atoms with Crippen molar-refractivity contribution in [2.24, 2.45) is 0 Å². The second-order valence-electron chi connectivity index (χ2n) is 3.34. The third-order valence-corrected chi connectivity index (χ3v) is 2.94. The van der Waals surface area contributed by atoms with E-state index in [-0.39, 0.29) is 11.1 Å². The van der Waals surface area contributed by atoms with Crippen molar-refractivity contribution in [1.29, 1.82) is 0 Å². The van der Waals surface area contributed by atoms with Gasteiger partial charge in [0.1, 0.15) is 0 Å². The van der Waals surface area contributed by atoms with Crippen LogP contribution in [0.2, 0.25) is 5.02 Å². The van der Waals surface area contributed by atoms with E-state index in [1.807, 2.05) is 0 Å². The van der Waals surface area contributed by atoms with Gasteiger partial charge in [-0.25, -0.2) is 9.89 Å². The lowest BCUT2D eigenvalue weighted by Gasteiger charge is -2.04. The summed E-state index contributed by atoms with van der Waals surface area (Å²) in [5.41, 5.74) is -0.211. The Morgan fingerprint density at radius 1 is 1.29 bits per heavy atom. The number of aromatic amines is 1. The molecule has 1 heterocycles. The lowest BCUT2D eigenvalue weighted by molar-refractivity contribution is 0.658. The largest absolute Gasteiger partial charge is 0.345 e. The van der Waals surface area contributed by atoms with Crippen molar-refractivity contribution in [3.8, 4) is 0 Å². The Morgan fingerprint density at radius 3 is 2.59 bits per heavy atom. The minimum Gasteiger partial charge on any atom is -0.266 e. The average Bonchev–Trinajstić information content (AvgIpc) is 2.32. The number of H-pyrrole nitrogens is 1. The highest BCUT2D eigenvalue weighted by molar-refractivity contribution is 9.10. The van der Waals surface area contributed by atoms with Crippen LogP contribution in [0.5, 0.6) is 0 Å². The van der Waals surface area contributed by atoms with Crippen molar-refractivity contribution >= 4 is 27.5 Å². The number of nitrogens with one attached hydrogen (secondary N) is 1. The number of hydrogen-bond acceptors (Lipinski definition) is 3. The van der Waals surface area contributed by atoms with E-state index in [9.17, 15) is 9.59 Å². The summed E-state index contributed by atoms with van der Waals surface area (Å²) < 4.78 is 1.13. The number of nitrogens with zero attached hydrogens (tertiary/aromatic N) is 2. The van der Waals surface area contributed by atoms with Crippen LogP contribution in [0, 0.1) is 0 Å². The molecule has 5 nitrogen and oxygen atoms in total. The first-order valence-corrected chi connectivity index (χ1v) is 5.84. The van der Waals surface area contributed by atoms with Crippen LogP contribution >= 0.6 is 27.5 Å². The molecule has 7 heteroatoms. The molecule has 0 aliphatic rings. The second kappa shape index (κ2) is 4.85. The Balaban J connectivity index is 2.43. The van der Waals surface area contributed by atoms with Gasteiger partial charge in [0, 0.05) is 5.02 Å². The van der Waals surface area contributed by atoms with Crippen molar-refractivity contribution in [1.82, 2.24) is 14.8 Å². The Hall–Kier alpha value is -1.40. The molecule has 2 aromatic rings. The Labute approximate surface area is 109 Å². The number of benzene rings is 1. The van der Waals surface area contributed by atoms with E-state index in [0.717, 1.165) is 10.1 Å². The average molecular weight is 317 g/mol. The van der Waals surface area contributed by atoms with Crippen LogP contribution in [0.3, 0.4) is 0 Å². The molecule has 0 atom stereocenters. The first-order chi connectivity index (χ1) is 8.08. The van der Waals surface area contributed by atoms with E-state index in [1.54, 1.807) is 24.3 Å². The number of aromatic nitrogens is 3. The van der Waals surface area contributed by atoms with Gasteiger partial charge in [-0.2, -0.15) is 5.10 Å². The molecule has 0 aliphatic heterocycles. The molecule has 1 aromatic carbocycles. The maximum absolute atomic E-state index is 11.7. The molecular weight excluding hydrogens is 309 g/mol. The smallest absolute Gasteiger partial charge is 0.266 e. The van der Waals surface area contributed by atoms with Gasteiger partial charge in [0.25, 0.3) is 5.56 Å². The van der Waals surface area contributed by atoms with Gasteiger partial charge in [-0.05, 0) is 33.6 Å². The summed E-state index contributed by atoms with van der Waals surface area (Å²) >= 11 is 8.72. The van der Waals surface area contributed by atoms with Gasteiger partial charge in [0.2, 0.25) is 0 Å². The van der Waals surface area contributed by atoms with Crippen LogP contribution in [0.25, 0.3) is 0 Å². The van der Waals surface area contributed by atoms with Gasteiger partial charge in [-0.15, -0.1) is 0 Å². The highest BCUT2D eigenvalue weighted by Crippen LogP contribution is 2.09. The number of halogens is 2. The van der Waals surface area contributed by atoms with Crippen molar-refractivity contribution in [2.45, 2.75) is 6.54 Å². The lowest BCUT2D eigenvalue weighted by Crippen LogP contribution is -2.36. The Bertz CT molecular complexity index is 648. The molecule has 0 unspecified atom stereocenters. The third kappa shape index (κ3) is 2.65. The summed E-state index contributed by atoms with van der Waals surface area (Å²) in [5.74, 6) is 0. The van der Waals surface area contributed by atoms with Gasteiger partial charge in [-0.3, -0.25) is 9.36 Å². The zero-order valence-electron chi connectivity index (χ0n) is 8.48. The van der Waals surface area contributed by atoms with Crippen LogP contribution in [0.4, 0.5) is 0 Å². The molecule has 0 saturated carbocycles. The van der Waals surface area contributed by atoms with Crippen molar-refractivity contribution < 1.29 is 0 Å². The van der Waals surface area contributed by atoms with Gasteiger partial charge >= 0.3 is 5.69 Å². The Morgan fingerprint density at radius 2 is 1.94 bits per heavy atom. The zero-order chi connectivity index (χ0) is 12.4. The van der Waals surface area contributed by atoms with E-state index in [2.05, 4.69) is 26.1 Å². The normalized spacial score (nSPS) is 10.5. The summed E-state index contributed by atoms with van der Waals surface area (Å²) in [5, 5.41) is 6.35. The highest BCUT2D eigenvalue weighted by Gasteiger charge is 2.06. The number of hydrogen-bond donors (Lipinski definition) is 1. The van der Waals surface area contributed by atoms with Gasteiger partial charge in [-0.1, -0.05) is 23.7 Å². The maximum Gasteiger partial charge on any atom is 0.345 e. The standard InChI is InChI=1S/C10H7BrClN3O2/c11-8-9(16)15(10(17)14-13-8)5-6-1-3-7(12)4-2-6/h1-4H,5H2,(H,14,17). The van der Waals surface area contributed by atoms with Crippen LogP contribution < -0.4 is 11.2 Å². The molecular formula is C10H7BrClN3O2. The molecule has 0 spiro atoms. The molecule has 0 amide bonds. The minimum absolute atomic E-state index is 0.0751. The van der Waals surface area contributed by atoms with Gasteiger partial charge < -0.3 is 0 Å². The molecule has 17 heavy (non-hydrogen) atoms. The molecule has 1 N–H and O–H groups in total. The van der Waals surface area contributed by atoms with Gasteiger partial charge in [0.05, 0.1) is 6.54 Å². The summed E-state index contributed by atoms with van der Waals surface area (Å²) in [7, 11) is 0. The highest BCUT2D eigenvalue weighted by atomic mass is 79.9. The van der Waals surface area contributed by atoms with E-state index in [4.69, 9.17) is 11.6 Å². The van der Waals surface area contributed by atoms with Crippen molar-refractivity contribution in [3.63, 3.8) is 0 Å². The van der Waals surface area contributed by atoms with E-state index < -0.39 is 11.2 Å². The van der Waals surface area contributed by atoms with Crippen LogP contribution in [-0.2, 0) is 6.54 Å². The van der Waals surface area contributed by atoms with Crippen LogP contribution in [0.1, 0.15) is 5.56 Å². The summed E-state index contributed by atoms with van der Waals surface area (Å²) in [4.78, 5) is 23.1. The molecule has 0 saturated heterocycles. The fourth-order valence-corrected chi connectivity index (χ4v) is 1.75. The Kier molecular flexibility index (Phi) is 3.44. The quantitative estimate of drug-likeness (QED) is 0.910. The molecule has 1 aromatic heterocycles. The first kappa shape index (κ1) is 12.1. The summed E-state index contributed by atoms with van der Waals surface area (Å²) in [6, 6.07) is 6.91. The zero-order valence-corrected chi connectivity index (χ0v) is 10.8. The fraction of sp³-hybridized carbons (Fsp3) is 0.100. The first-order valence-electron chi connectivity index (χ1n) is 4.67. The molecule has 0 fully saturated rings. The fourth-order valence-electron chi connectivity index (χ4n) is 1.32. The van der Waals surface area contributed by atoms with E-state index in [1.165, 1.54) is 0 Å². The summed E-state index contributed by atoms with van der Waals surface area (Å²) in [6.45, 7) is 0.173. The van der Waals surface area contributed by atoms with Gasteiger partial charge in [0.15, 0.2) is 4.60 Å². The third-order valence-electron chi connectivity index (χ3n) is 2.17. The van der Waals surface area contributed by atoms with Crippen molar-refractivity contribution in [2.75, 3.05) is 0 Å². The molecule has 0 bridgehead atoms. The molecule has 2 rings (SSSR count). The SMILES string of the molecule is O=c1[nH]nc(Br)c(=O)n1Cc1ccc(Cl)cc1. The molecule has 0 aliphatic carbocycles. The molecule has 0 radical (unpaired) electrons. The number of rotatable bonds is 2. The monoisotopic (exact) mass is 315 g/mol. The van der Waals surface area contributed by atoms with Crippen molar-refractivity contribution in [3.05, 3.63) is 60.3 Å². The topological polar surface area (TPSA) is 67.8 Å². The predicted octanol–water partition coefficient (Wildman–Crippen LogP) is 1.40. The predicted molar refractivity (Wildman–Crippen MR) is 67.4 cm³/mol.